The first-order valence-corrected chi connectivity index (χ1v) is 12.2. The lowest BCUT2D eigenvalue weighted by molar-refractivity contribution is -0.136. The summed E-state index contributed by atoms with van der Waals surface area (Å²) >= 11 is 0. The molecular formula is C32H31NO4. The third-order valence-electron chi connectivity index (χ3n) is 6.41. The zero-order valence-corrected chi connectivity index (χ0v) is 21.6. The Labute approximate surface area is 218 Å². The van der Waals surface area contributed by atoms with E-state index in [0.717, 1.165) is 22.4 Å². The van der Waals surface area contributed by atoms with Crippen LogP contribution in [0.1, 0.15) is 46.5 Å². The van der Waals surface area contributed by atoms with Crippen molar-refractivity contribution < 1.29 is 19.1 Å². The highest BCUT2D eigenvalue weighted by atomic mass is 16.6. The van der Waals surface area contributed by atoms with E-state index < -0.39 is 5.97 Å². The van der Waals surface area contributed by atoms with Gasteiger partial charge in [0, 0.05) is 16.7 Å². The number of carbonyl (C=O) groups is 2. The minimum absolute atomic E-state index is 0.152. The van der Waals surface area contributed by atoms with Crippen LogP contribution < -0.4 is 14.8 Å². The Bertz CT molecular complexity index is 1370. The second kappa shape index (κ2) is 11.1. The van der Waals surface area contributed by atoms with Gasteiger partial charge < -0.3 is 14.8 Å². The van der Waals surface area contributed by atoms with E-state index in [0.29, 0.717) is 17.1 Å². The molecule has 1 N–H and O–H groups in total. The average molecular weight is 494 g/mol. The highest BCUT2D eigenvalue weighted by molar-refractivity contribution is 6.04. The number of benzene rings is 4. The zero-order chi connectivity index (χ0) is 26.4. The lowest BCUT2D eigenvalue weighted by atomic mass is 9.78. The molecule has 0 aliphatic carbocycles. The summed E-state index contributed by atoms with van der Waals surface area (Å²) in [6, 6.07) is 30.3. The molecule has 4 rings (SSSR count). The summed E-state index contributed by atoms with van der Waals surface area (Å²) in [6.45, 7) is 8.08. The van der Waals surface area contributed by atoms with Crippen LogP contribution in [0.3, 0.4) is 0 Å². The summed E-state index contributed by atoms with van der Waals surface area (Å²) in [4.78, 5) is 24.9. The molecule has 1 amide bonds. The van der Waals surface area contributed by atoms with E-state index in [2.05, 4.69) is 31.3 Å². The van der Waals surface area contributed by atoms with Crippen molar-refractivity contribution in [3.05, 3.63) is 125 Å². The molecule has 0 aliphatic heterocycles. The molecule has 0 saturated heterocycles. The first-order valence-electron chi connectivity index (χ1n) is 12.2. The molecule has 0 aromatic heterocycles. The number of carbonyl (C=O) groups excluding carboxylic acids is 2. The van der Waals surface area contributed by atoms with E-state index in [1.165, 1.54) is 5.56 Å². The summed E-state index contributed by atoms with van der Waals surface area (Å²) in [5.41, 5.74) is 5.58. The van der Waals surface area contributed by atoms with Gasteiger partial charge in [-0.25, -0.2) is 4.79 Å². The lowest BCUT2D eigenvalue weighted by Gasteiger charge is -2.26. The molecule has 0 bridgehead atoms. The summed E-state index contributed by atoms with van der Waals surface area (Å²) in [5.74, 6) is 0.174. The number of rotatable bonds is 8. The summed E-state index contributed by atoms with van der Waals surface area (Å²) < 4.78 is 11.0. The second-order valence-electron chi connectivity index (χ2n) is 9.58. The maximum Gasteiger partial charge on any atom is 0.349 e. The van der Waals surface area contributed by atoms with Crippen LogP contribution in [0.15, 0.2) is 97.1 Å². The molecule has 0 aliphatic rings. The predicted octanol–water partition coefficient (Wildman–Crippen LogP) is 6.87. The van der Waals surface area contributed by atoms with Crippen molar-refractivity contribution in [3.8, 4) is 11.5 Å². The molecule has 0 radical (unpaired) electrons. The Kier molecular flexibility index (Phi) is 7.73. The number of ether oxygens (including phenoxy) is 2. The van der Waals surface area contributed by atoms with E-state index in [4.69, 9.17) is 9.47 Å². The van der Waals surface area contributed by atoms with Crippen molar-refractivity contribution in [2.24, 2.45) is 0 Å². The summed E-state index contributed by atoms with van der Waals surface area (Å²) in [7, 11) is 0. The van der Waals surface area contributed by atoms with Gasteiger partial charge in [0.2, 0.25) is 0 Å². The predicted molar refractivity (Wildman–Crippen MR) is 146 cm³/mol. The van der Waals surface area contributed by atoms with Gasteiger partial charge >= 0.3 is 5.97 Å². The van der Waals surface area contributed by atoms with Crippen molar-refractivity contribution in [2.75, 3.05) is 11.9 Å². The average Bonchev–Trinajstić information content (AvgIpc) is 2.90. The Morgan fingerprint density at radius 3 is 2.03 bits per heavy atom. The van der Waals surface area contributed by atoms with Crippen molar-refractivity contribution in [1.82, 2.24) is 0 Å². The molecule has 0 spiro atoms. The maximum absolute atomic E-state index is 12.6. The van der Waals surface area contributed by atoms with Crippen molar-refractivity contribution in [3.63, 3.8) is 0 Å². The molecule has 188 valence electrons. The highest BCUT2D eigenvalue weighted by Gasteiger charge is 2.22. The molecule has 0 unspecified atom stereocenters. The quantitative estimate of drug-likeness (QED) is 0.215. The number of nitrogens with one attached hydrogen (secondary N) is 1. The first kappa shape index (κ1) is 25.7. The fourth-order valence-electron chi connectivity index (χ4n) is 4.12. The number of hydrogen-bond acceptors (Lipinski definition) is 4. The standard InChI is InChI=1S/C32H31NO4/c1-22-10-19-29(23(2)20-22)33-31(35)24-11-15-28(16-12-24)37-30(34)21-36-27-17-13-26(14-18-27)32(3,4)25-8-6-5-7-9-25/h5-20H,21H2,1-4H3,(H,33,35). The minimum atomic E-state index is -0.527. The van der Waals surface area contributed by atoms with E-state index in [9.17, 15) is 9.59 Å². The number of esters is 1. The Morgan fingerprint density at radius 2 is 1.38 bits per heavy atom. The Balaban J connectivity index is 1.29. The van der Waals surface area contributed by atoms with Gasteiger partial charge in [0.1, 0.15) is 11.5 Å². The number of hydrogen-bond donors (Lipinski definition) is 1. The van der Waals surface area contributed by atoms with Crippen LogP contribution in [-0.4, -0.2) is 18.5 Å². The van der Waals surface area contributed by atoms with Crippen LogP contribution in [0.25, 0.3) is 0 Å². The minimum Gasteiger partial charge on any atom is -0.482 e. The maximum atomic E-state index is 12.6. The van der Waals surface area contributed by atoms with Crippen LogP contribution in [0.4, 0.5) is 5.69 Å². The molecular weight excluding hydrogens is 462 g/mol. The first-order chi connectivity index (χ1) is 17.7. The zero-order valence-electron chi connectivity index (χ0n) is 21.6. The smallest absolute Gasteiger partial charge is 0.349 e. The van der Waals surface area contributed by atoms with Crippen LogP contribution in [0, 0.1) is 13.8 Å². The molecule has 4 aromatic rings. The molecule has 0 atom stereocenters. The molecule has 5 nitrogen and oxygen atoms in total. The van der Waals surface area contributed by atoms with Crippen molar-refractivity contribution in [2.45, 2.75) is 33.1 Å². The third kappa shape index (κ3) is 6.44. The monoisotopic (exact) mass is 493 g/mol. The molecule has 0 heterocycles. The summed E-state index contributed by atoms with van der Waals surface area (Å²) in [5, 5.41) is 2.91. The van der Waals surface area contributed by atoms with Gasteiger partial charge in [-0.05, 0) is 73.0 Å². The Hall–Kier alpha value is -4.38. The van der Waals surface area contributed by atoms with Crippen molar-refractivity contribution >= 4 is 17.6 Å². The van der Waals surface area contributed by atoms with E-state index in [-0.39, 0.29) is 17.9 Å². The largest absolute Gasteiger partial charge is 0.482 e. The number of amides is 1. The fourth-order valence-corrected chi connectivity index (χ4v) is 4.12. The van der Waals surface area contributed by atoms with E-state index in [1.54, 1.807) is 24.3 Å². The van der Waals surface area contributed by atoms with Gasteiger partial charge in [-0.3, -0.25) is 4.79 Å². The van der Waals surface area contributed by atoms with Gasteiger partial charge in [0.05, 0.1) is 0 Å². The van der Waals surface area contributed by atoms with Crippen LogP contribution in [0.5, 0.6) is 11.5 Å². The second-order valence-corrected chi connectivity index (χ2v) is 9.58. The van der Waals surface area contributed by atoms with Gasteiger partial charge in [0.25, 0.3) is 5.91 Å². The fraction of sp³-hybridized carbons (Fsp3) is 0.188. The van der Waals surface area contributed by atoms with Gasteiger partial charge in [-0.1, -0.05) is 74.0 Å². The third-order valence-corrected chi connectivity index (χ3v) is 6.41. The SMILES string of the molecule is Cc1ccc(NC(=O)c2ccc(OC(=O)COc3ccc(C(C)(C)c4ccccc4)cc3)cc2)c(C)c1. The van der Waals surface area contributed by atoms with Crippen molar-refractivity contribution in [1.29, 1.82) is 0 Å². The highest BCUT2D eigenvalue weighted by Crippen LogP contribution is 2.32. The van der Waals surface area contributed by atoms with Gasteiger partial charge in [-0.2, -0.15) is 0 Å². The normalized spacial score (nSPS) is 11.0. The molecule has 4 aromatic carbocycles. The van der Waals surface area contributed by atoms with E-state index in [1.807, 2.05) is 74.5 Å². The number of anilines is 1. The lowest BCUT2D eigenvalue weighted by Crippen LogP contribution is -2.19. The molecule has 37 heavy (non-hydrogen) atoms. The van der Waals surface area contributed by atoms with Crippen LogP contribution in [-0.2, 0) is 10.2 Å². The van der Waals surface area contributed by atoms with Crippen LogP contribution in [0.2, 0.25) is 0 Å². The Morgan fingerprint density at radius 1 is 0.757 bits per heavy atom. The van der Waals surface area contributed by atoms with Gasteiger partial charge in [0.15, 0.2) is 6.61 Å². The van der Waals surface area contributed by atoms with Crippen LogP contribution >= 0.6 is 0 Å². The molecule has 5 heteroatoms. The number of aryl methyl sites for hydroxylation is 2. The topological polar surface area (TPSA) is 64.6 Å². The van der Waals surface area contributed by atoms with Gasteiger partial charge in [-0.15, -0.1) is 0 Å². The van der Waals surface area contributed by atoms with E-state index >= 15 is 0 Å². The molecule has 0 fully saturated rings. The summed E-state index contributed by atoms with van der Waals surface area (Å²) in [6.07, 6.45) is 0. The molecule has 0 saturated carbocycles.